The van der Waals surface area contributed by atoms with Crippen LogP contribution in [0, 0.1) is 19.0 Å². The average molecular weight is 1130 g/mol. The molecular weight excluding hydrogens is 1070 g/mol. The van der Waals surface area contributed by atoms with E-state index in [9.17, 15) is 0 Å². The number of hydrogen-bond donors (Lipinski definition) is 0. The predicted molar refractivity (Wildman–Crippen MR) is 300 cm³/mol. The Morgan fingerprint density at radius 3 is 1.97 bits per heavy atom. The molecule has 3 aromatic heterocycles. The zero-order valence-corrected chi connectivity index (χ0v) is 45.0. The number of nitrogens with zero attached hydrogens (tertiary/aromatic N) is 4. The zero-order chi connectivity index (χ0) is 52.3. The van der Waals surface area contributed by atoms with Crippen LogP contribution in [0.3, 0.4) is 0 Å². The molecular formula is C67H60IrN4O+. The monoisotopic (exact) mass is 1130 g/mol. The first-order valence-corrected chi connectivity index (χ1v) is 25.3. The molecule has 0 aliphatic carbocycles. The molecule has 0 saturated heterocycles. The second-order valence-corrected chi connectivity index (χ2v) is 20.2. The van der Waals surface area contributed by atoms with Crippen LogP contribution >= 0.6 is 0 Å². The van der Waals surface area contributed by atoms with E-state index in [-0.39, 0.29) is 31.9 Å². The minimum atomic E-state index is -2.17. The second-order valence-electron chi connectivity index (χ2n) is 20.2. The van der Waals surface area contributed by atoms with Crippen LogP contribution < -0.4 is 9.55 Å². The summed E-state index contributed by atoms with van der Waals surface area (Å²) in [6.07, 6.45) is 0. The van der Waals surface area contributed by atoms with Crippen molar-refractivity contribution >= 4 is 54.8 Å². The van der Waals surface area contributed by atoms with E-state index in [0.29, 0.717) is 23.0 Å². The zero-order valence-electron chi connectivity index (χ0n) is 45.6. The summed E-state index contributed by atoms with van der Waals surface area (Å²) in [4.78, 5) is 10.3. The molecule has 0 aliphatic heterocycles. The van der Waals surface area contributed by atoms with Crippen LogP contribution in [0.25, 0.3) is 100 Å². The van der Waals surface area contributed by atoms with E-state index in [0.717, 1.165) is 77.7 Å². The maximum absolute atomic E-state index is 7.91. The third-order valence-corrected chi connectivity index (χ3v) is 14.0. The van der Waals surface area contributed by atoms with Crippen molar-refractivity contribution in [1.82, 2.24) is 14.5 Å². The molecule has 5 nitrogen and oxygen atoms in total. The van der Waals surface area contributed by atoms with Gasteiger partial charge in [0.15, 0.2) is 0 Å². The van der Waals surface area contributed by atoms with E-state index in [1.165, 1.54) is 39.1 Å². The van der Waals surface area contributed by atoms with Crippen LogP contribution in [0.5, 0.6) is 0 Å². The molecule has 0 atom stereocenters. The quantitative estimate of drug-likeness (QED) is 0.107. The van der Waals surface area contributed by atoms with Crippen LogP contribution in [0.15, 0.2) is 180 Å². The van der Waals surface area contributed by atoms with Gasteiger partial charge in [-0.2, -0.15) is 0 Å². The van der Waals surface area contributed by atoms with Gasteiger partial charge < -0.3 is 13.6 Å². The molecule has 12 rings (SSSR count). The van der Waals surface area contributed by atoms with Gasteiger partial charge in [-0.25, -0.2) is 0 Å². The number of imidazole rings is 2. The number of rotatable bonds is 9. The topological polar surface area (TPSA) is 48.9 Å². The van der Waals surface area contributed by atoms with Crippen LogP contribution in [0.4, 0.5) is 0 Å². The Morgan fingerprint density at radius 1 is 0.589 bits per heavy atom. The SMILES string of the molecule is CC(C)c1cccc(C(C)C)c1-n1c(-c2[c-]cccc2)nc2ccccc21.[2H]C([2H])([2H])c1ccc2cc3oc4c(-c5[n-]c6ccccc6[n+]5-c5c(C(C)C)cc(-c6ccccc6)cc5C(C)C)[c-]ccc4c3cc2c1.[Ir+3]. The van der Waals surface area contributed by atoms with Gasteiger partial charge in [0.1, 0.15) is 5.58 Å². The molecule has 9 aromatic carbocycles. The maximum Gasteiger partial charge on any atom is 3.00 e. The van der Waals surface area contributed by atoms with Crippen LogP contribution in [-0.4, -0.2) is 9.55 Å². The number of furan rings is 1. The molecule has 0 saturated carbocycles. The number of hydrogen-bond acceptors (Lipinski definition) is 2. The molecule has 0 fully saturated rings. The van der Waals surface area contributed by atoms with Crippen molar-refractivity contribution in [1.29, 1.82) is 0 Å². The fraction of sp³-hybridized carbons (Fsp3) is 0.194. The van der Waals surface area contributed by atoms with Crippen molar-refractivity contribution < 1.29 is 33.2 Å². The van der Waals surface area contributed by atoms with Crippen molar-refractivity contribution in [3.63, 3.8) is 0 Å². The Labute approximate surface area is 447 Å². The van der Waals surface area contributed by atoms with Gasteiger partial charge in [0.25, 0.3) is 0 Å². The van der Waals surface area contributed by atoms with Gasteiger partial charge in [-0.1, -0.05) is 163 Å². The number of aromatic nitrogens is 4. The van der Waals surface area contributed by atoms with E-state index < -0.39 is 6.85 Å². The molecule has 0 bridgehead atoms. The van der Waals surface area contributed by atoms with Gasteiger partial charge in [0.2, 0.25) is 0 Å². The van der Waals surface area contributed by atoms with E-state index in [2.05, 4.69) is 186 Å². The summed E-state index contributed by atoms with van der Waals surface area (Å²) in [5.41, 5.74) is 17.6. The summed E-state index contributed by atoms with van der Waals surface area (Å²) in [7, 11) is 0. The van der Waals surface area contributed by atoms with Crippen LogP contribution in [0.1, 0.15) is 111 Å². The minimum Gasteiger partial charge on any atom is -0.501 e. The summed E-state index contributed by atoms with van der Waals surface area (Å²) in [5, 5.41) is 3.65. The van der Waals surface area contributed by atoms with Gasteiger partial charge in [-0.05, 0) is 123 Å². The van der Waals surface area contributed by atoms with Crippen molar-refractivity contribution in [2.45, 2.75) is 85.9 Å². The Balaban J connectivity index is 0.000000199. The fourth-order valence-electron chi connectivity index (χ4n) is 10.4. The van der Waals surface area contributed by atoms with Crippen molar-refractivity contribution in [3.8, 4) is 45.3 Å². The number of para-hydroxylation sites is 5. The van der Waals surface area contributed by atoms with Gasteiger partial charge in [-0.15, -0.1) is 54.1 Å². The molecule has 0 amide bonds. The van der Waals surface area contributed by atoms with Gasteiger partial charge in [0, 0.05) is 20.9 Å². The van der Waals surface area contributed by atoms with E-state index >= 15 is 0 Å². The summed E-state index contributed by atoms with van der Waals surface area (Å²) in [5.74, 6) is 3.06. The Kier molecular flexibility index (Phi) is 12.6. The fourth-order valence-corrected chi connectivity index (χ4v) is 10.4. The smallest absolute Gasteiger partial charge is 0.501 e. The molecule has 362 valence electrons. The van der Waals surface area contributed by atoms with Crippen LogP contribution in [0.2, 0.25) is 0 Å². The molecule has 3 heterocycles. The Bertz CT molecular complexity index is 4020. The van der Waals surface area contributed by atoms with Crippen molar-refractivity contribution in [2.24, 2.45) is 0 Å². The van der Waals surface area contributed by atoms with Gasteiger partial charge in [-0.3, -0.25) is 9.97 Å². The van der Waals surface area contributed by atoms with E-state index in [1.807, 2.05) is 54.6 Å². The molecule has 0 unspecified atom stereocenters. The molecule has 6 heteroatoms. The van der Waals surface area contributed by atoms with Crippen molar-refractivity contribution in [2.75, 3.05) is 0 Å². The standard InChI is InChI=1S/C42H35N2O.C25H25N2.Ir/c1-25(2)34-21-31(28-12-7-6-8-13-28)22-35(26(3)4)40(34)44-38-17-10-9-16-37(38)43-42(44)33-15-11-14-32-36-23-30-20-27(5)18-19-29(30)24-39(36)45-41(32)33;1-17(2)20-13-10-14-21(18(3)4)24(20)27-23-16-9-8-15-22(23)26-25(27)19-11-6-5-7-12-19;/h6-14,16-26H,1-5H3;5-11,13-18H,1-4H3;/q2*-1;+3/i5D3;;. The summed E-state index contributed by atoms with van der Waals surface area (Å²) < 4.78 is 35.1. The van der Waals surface area contributed by atoms with E-state index in [4.69, 9.17) is 18.5 Å². The predicted octanol–water partition coefficient (Wildman–Crippen LogP) is 17.6. The summed E-state index contributed by atoms with van der Waals surface area (Å²) in [6, 6.07) is 66.9. The van der Waals surface area contributed by atoms with Crippen molar-refractivity contribution in [3.05, 3.63) is 216 Å². The number of fused-ring (bicyclic) bond motifs is 6. The first-order valence-electron chi connectivity index (χ1n) is 26.8. The number of benzene rings is 9. The first-order chi connectivity index (χ1) is 36.2. The molecule has 0 spiro atoms. The normalized spacial score (nSPS) is 12.5. The molecule has 12 aromatic rings. The molecule has 0 radical (unpaired) electrons. The summed E-state index contributed by atoms with van der Waals surface area (Å²) >= 11 is 0. The Hall–Kier alpha value is -7.37. The average Bonchev–Trinajstić information content (AvgIpc) is 4.14. The first kappa shape index (κ1) is 45.5. The van der Waals surface area contributed by atoms with Gasteiger partial charge >= 0.3 is 20.1 Å². The van der Waals surface area contributed by atoms with E-state index in [1.54, 1.807) is 12.1 Å². The Morgan fingerprint density at radius 2 is 1.27 bits per heavy atom. The maximum atomic E-state index is 7.91. The third kappa shape index (κ3) is 9.02. The minimum absolute atomic E-state index is 0. The largest absolute Gasteiger partial charge is 3.00 e. The van der Waals surface area contributed by atoms with Gasteiger partial charge in [0.05, 0.1) is 39.3 Å². The molecule has 73 heavy (non-hydrogen) atoms. The third-order valence-electron chi connectivity index (χ3n) is 14.0. The number of aryl methyl sites for hydroxylation is 1. The molecule has 0 N–H and O–H groups in total. The van der Waals surface area contributed by atoms with Crippen LogP contribution in [-0.2, 0) is 20.1 Å². The molecule has 0 aliphatic rings. The second kappa shape index (κ2) is 20.3. The summed E-state index contributed by atoms with van der Waals surface area (Å²) in [6.45, 7) is 15.9.